The van der Waals surface area contributed by atoms with Gasteiger partial charge in [-0.25, -0.2) is 9.46 Å². The van der Waals surface area contributed by atoms with Gasteiger partial charge in [0.2, 0.25) is 18.3 Å². The van der Waals surface area contributed by atoms with Gasteiger partial charge in [-0.05, 0) is 60.7 Å². The highest BCUT2D eigenvalue weighted by atomic mass is 32.7. The normalized spacial score (nSPS) is 17.1. The summed E-state index contributed by atoms with van der Waals surface area (Å²) in [6, 6.07) is 34.6. The molecule has 0 spiro atoms. The lowest BCUT2D eigenvalue weighted by molar-refractivity contribution is -0.123. The second-order valence-electron chi connectivity index (χ2n) is 14.7. The molecule has 2 atom stereocenters. The number of carbonyl (C=O) groups is 1. The monoisotopic (exact) mass is 913 g/mol. The van der Waals surface area contributed by atoms with Gasteiger partial charge in [0, 0.05) is 49.0 Å². The second kappa shape index (κ2) is 21.7. The average molecular weight is 914 g/mol. The number of ether oxygens (including phenoxy) is 6. The third kappa shape index (κ3) is 10.4. The summed E-state index contributed by atoms with van der Waals surface area (Å²) >= 11 is 2.88. The minimum absolute atomic E-state index is 0.00273. The van der Waals surface area contributed by atoms with Crippen LogP contribution in [0.1, 0.15) is 45.5 Å². The zero-order valence-corrected chi connectivity index (χ0v) is 38.3. The van der Waals surface area contributed by atoms with Crippen LogP contribution in [0.15, 0.2) is 136 Å². The molecular weight excluding hydrogens is 862 g/mol. The van der Waals surface area contributed by atoms with Gasteiger partial charge in [0.05, 0.1) is 27.4 Å². The molecule has 0 amide bonds. The number of aromatic nitrogens is 2. The molecule has 1 saturated heterocycles. The van der Waals surface area contributed by atoms with Gasteiger partial charge in [-0.1, -0.05) is 108 Å². The number of aromatic amines is 1. The molecule has 0 saturated carbocycles. The molecule has 1 aromatic heterocycles. The quantitative estimate of drug-likeness (QED) is 0.0432. The van der Waals surface area contributed by atoms with Crippen molar-refractivity contribution in [2.24, 2.45) is 0 Å². The molecule has 2 aliphatic rings. The maximum atomic E-state index is 13.9. The Morgan fingerprint density at radius 2 is 1.41 bits per heavy atom. The molecule has 16 heteroatoms. The van der Waals surface area contributed by atoms with Gasteiger partial charge in [-0.15, -0.1) is 0 Å². The smallest absolute Gasteiger partial charge is 0.331 e. The van der Waals surface area contributed by atoms with Crippen LogP contribution in [0, 0.1) is 6.92 Å². The first-order valence-electron chi connectivity index (χ1n) is 20.6. The lowest BCUT2D eigenvalue weighted by Crippen LogP contribution is -2.49. The van der Waals surface area contributed by atoms with Crippen LogP contribution in [0.4, 0.5) is 0 Å². The molecule has 0 aliphatic carbocycles. The van der Waals surface area contributed by atoms with Crippen molar-refractivity contribution in [3.05, 3.63) is 176 Å². The Bertz CT molecular complexity index is 2380. The Hall–Kier alpha value is -4.86. The standard InChI is InChI=1S/C47H52N3O10PS2/c1-34-31-50(45(53)48-43(34)51)46(58-28-27-54-2)33-57-41(42(46)60-61(49-25-11-12-26-49)63-30-29-62-44(52)35-13-7-5-8-14-35)32-59-47(36-15-9-6-10-16-36,37-17-21-39(55-3)22-18-37)38-19-23-40(56-4)24-20-38/h5-10,13-24,31H,11-12,25-30,32-33H2,1-4H3,(H,48,51,53). The minimum atomic E-state index is -1.67. The molecule has 5 aromatic rings. The summed E-state index contributed by atoms with van der Waals surface area (Å²) in [4.78, 5) is 42.2. The number of hydrogen-bond acceptors (Lipinski definition) is 13. The number of methoxy groups -OCH3 is 3. The molecule has 1 N–H and O–H groups in total. The zero-order chi connectivity index (χ0) is 44.2. The van der Waals surface area contributed by atoms with Crippen LogP contribution in [-0.4, -0.2) is 91.7 Å². The number of hydrogen-bond donors (Lipinski definition) is 1. The Morgan fingerprint density at radius 3 is 2.02 bits per heavy atom. The number of benzene rings is 4. The van der Waals surface area contributed by atoms with Crippen LogP contribution in [0.25, 0.3) is 0 Å². The van der Waals surface area contributed by atoms with Gasteiger partial charge in [-0.2, -0.15) is 0 Å². The third-order valence-electron chi connectivity index (χ3n) is 10.8. The van der Waals surface area contributed by atoms with Crippen molar-refractivity contribution in [2.45, 2.75) is 31.1 Å². The summed E-state index contributed by atoms with van der Waals surface area (Å²) in [6.45, 7) is 3.18. The largest absolute Gasteiger partial charge is 0.497 e. The topological polar surface area (TPSA) is 140 Å². The fraction of sp³-hybridized carbons (Fsp3) is 0.340. The number of nitrogens with one attached hydrogen (secondary N) is 1. The fourth-order valence-corrected chi connectivity index (χ4v) is 12.6. The summed E-state index contributed by atoms with van der Waals surface area (Å²) in [6.07, 6.45) is 3.46. The van der Waals surface area contributed by atoms with Crippen molar-refractivity contribution < 1.29 is 37.7 Å². The Balaban J connectivity index is 1.34. The van der Waals surface area contributed by atoms with E-state index in [9.17, 15) is 14.4 Å². The molecule has 0 bridgehead atoms. The maximum absolute atomic E-state index is 13.9. The van der Waals surface area contributed by atoms with Gasteiger partial charge in [0.1, 0.15) is 30.3 Å². The van der Waals surface area contributed by atoms with Crippen LogP contribution in [0.3, 0.4) is 0 Å². The van der Waals surface area contributed by atoms with Gasteiger partial charge >= 0.3 is 5.69 Å². The van der Waals surface area contributed by atoms with E-state index in [2.05, 4.69) is 9.65 Å². The second-order valence-corrected chi connectivity index (χ2v) is 19.4. The van der Waals surface area contributed by atoms with Crippen molar-refractivity contribution in [2.75, 3.05) is 72.4 Å². The number of aryl methyl sites for hydroxylation is 1. The molecule has 4 aromatic carbocycles. The fourth-order valence-electron chi connectivity index (χ4n) is 7.51. The minimum Gasteiger partial charge on any atom is -0.497 e. The summed E-state index contributed by atoms with van der Waals surface area (Å²) in [5.41, 5.74) is -0.676. The molecule has 332 valence electrons. The molecule has 3 heterocycles. The van der Waals surface area contributed by atoms with Crippen LogP contribution < -0.4 is 20.7 Å². The van der Waals surface area contributed by atoms with E-state index in [4.69, 9.17) is 32.9 Å². The van der Waals surface area contributed by atoms with E-state index in [1.165, 1.54) is 22.5 Å². The van der Waals surface area contributed by atoms with Gasteiger partial charge in [-0.3, -0.25) is 19.1 Å². The summed E-state index contributed by atoms with van der Waals surface area (Å²) < 4.78 is 48.1. The Labute approximate surface area is 376 Å². The molecular formula is C47H52N3O10PS2. The Morgan fingerprint density at radius 1 is 0.810 bits per heavy atom. The van der Waals surface area contributed by atoms with E-state index in [1.807, 2.05) is 109 Å². The van der Waals surface area contributed by atoms with Gasteiger partial charge < -0.3 is 32.9 Å². The summed E-state index contributed by atoms with van der Waals surface area (Å²) in [5, 5.41) is 0.00273. The number of carbonyl (C=O) groups excluding carboxylic acids is 1. The SMILES string of the molecule is COCCOC1(n2cc(C)c(=O)[nH]c2=O)COC(COC(c2ccccc2)(c2ccc(OC)cc2)c2ccc(OC)cc2)=C1OP(SCCSC(=O)c1ccccc1)N1CCCC1. The van der Waals surface area contributed by atoms with Crippen molar-refractivity contribution >= 4 is 35.8 Å². The highest BCUT2D eigenvalue weighted by Gasteiger charge is 2.52. The summed E-state index contributed by atoms with van der Waals surface area (Å²) in [5.74, 6) is 3.08. The van der Waals surface area contributed by atoms with Crippen LogP contribution in [0.5, 0.6) is 11.5 Å². The first-order chi connectivity index (χ1) is 30.7. The predicted molar refractivity (Wildman–Crippen MR) is 248 cm³/mol. The molecule has 0 radical (unpaired) electrons. The van der Waals surface area contributed by atoms with Gasteiger partial charge in [0.15, 0.2) is 11.5 Å². The molecule has 63 heavy (non-hydrogen) atoms. The van der Waals surface area contributed by atoms with Crippen molar-refractivity contribution in [1.29, 1.82) is 0 Å². The van der Waals surface area contributed by atoms with E-state index < -0.39 is 30.1 Å². The van der Waals surface area contributed by atoms with E-state index in [0.717, 1.165) is 42.6 Å². The molecule has 13 nitrogen and oxygen atoms in total. The van der Waals surface area contributed by atoms with Gasteiger partial charge in [0.25, 0.3) is 5.56 Å². The number of H-pyrrole nitrogens is 1. The van der Waals surface area contributed by atoms with Crippen molar-refractivity contribution in [3.8, 4) is 11.5 Å². The van der Waals surface area contributed by atoms with E-state index in [-0.39, 0.29) is 37.3 Å². The first-order valence-corrected chi connectivity index (χ1v) is 24.4. The third-order valence-corrected chi connectivity index (χ3v) is 15.9. The molecule has 2 aliphatic heterocycles. The average Bonchev–Trinajstić information content (AvgIpc) is 3.99. The van der Waals surface area contributed by atoms with E-state index >= 15 is 0 Å². The van der Waals surface area contributed by atoms with Crippen molar-refractivity contribution in [1.82, 2.24) is 14.2 Å². The maximum Gasteiger partial charge on any atom is 0.331 e. The van der Waals surface area contributed by atoms with E-state index in [0.29, 0.717) is 39.9 Å². The highest BCUT2D eigenvalue weighted by molar-refractivity contribution is 8.53. The van der Waals surface area contributed by atoms with Crippen LogP contribution in [0.2, 0.25) is 0 Å². The number of nitrogens with zero attached hydrogens (tertiary/aromatic N) is 2. The van der Waals surface area contributed by atoms with Crippen molar-refractivity contribution in [3.63, 3.8) is 0 Å². The Kier molecular flexibility index (Phi) is 15.9. The molecule has 7 rings (SSSR count). The predicted octanol–water partition coefficient (Wildman–Crippen LogP) is 8.07. The van der Waals surface area contributed by atoms with E-state index in [1.54, 1.807) is 39.6 Å². The molecule has 1 fully saturated rings. The first kappa shape index (κ1) is 46.1. The van der Waals surface area contributed by atoms with Crippen LogP contribution in [-0.2, 0) is 34.8 Å². The number of thioether (sulfide) groups is 1. The van der Waals surface area contributed by atoms with Crippen LogP contribution >= 0.6 is 30.6 Å². The lowest BCUT2D eigenvalue weighted by Gasteiger charge is -2.36. The lowest BCUT2D eigenvalue weighted by atomic mass is 9.80. The zero-order valence-electron chi connectivity index (χ0n) is 35.8. The number of rotatable bonds is 21. The highest BCUT2D eigenvalue weighted by Crippen LogP contribution is 2.60. The molecule has 2 unspecified atom stereocenters. The summed E-state index contributed by atoms with van der Waals surface area (Å²) in [7, 11) is 3.36.